The largest absolute Gasteiger partial charge is 0.244 e. The fourth-order valence-electron chi connectivity index (χ4n) is 1.39. The van der Waals surface area contributed by atoms with Crippen molar-refractivity contribution in [2.75, 3.05) is 13.1 Å². The Kier molecular flexibility index (Phi) is 5.80. The lowest BCUT2D eigenvalue weighted by molar-refractivity contribution is 0.477. The Morgan fingerprint density at radius 3 is 2.42 bits per heavy atom. The standard InChI is InChI=1S/C14H16BrNO2S/c1-4-10-16(11-9-12(2)3)19(17,18)14-7-5-13(15)6-8-14/h1,5-9H,10-11H2,2-3H3. The minimum Gasteiger partial charge on any atom is -0.207 e. The maximum absolute atomic E-state index is 12.4. The molecule has 0 saturated heterocycles. The van der Waals surface area contributed by atoms with Crippen molar-refractivity contribution in [2.24, 2.45) is 0 Å². The molecule has 3 nitrogen and oxygen atoms in total. The number of sulfonamides is 1. The second-order valence-electron chi connectivity index (χ2n) is 4.24. The number of halogens is 1. The molecule has 0 amide bonds. The van der Waals surface area contributed by atoms with Crippen LogP contribution in [0.2, 0.25) is 0 Å². The van der Waals surface area contributed by atoms with Crippen LogP contribution in [-0.2, 0) is 10.0 Å². The SMILES string of the molecule is C#CCN(CC=C(C)C)S(=O)(=O)c1ccc(Br)cc1. The van der Waals surface area contributed by atoms with Crippen LogP contribution in [0, 0.1) is 12.3 Å². The van der Waals surface area contributed by atoms with Gasteiger partial charge in [0.15, 0.2) is 0 Å². The summed E-state index contributed by atoms with van der Waals surface area (Å²) in [6.45, 7) is 4.17. The summed E-state index contributed by atoms with van der Waals surface area (Å²) in [7, 11) is -3.55. The molecule has 0 aliphatic rings. The third-order valence-corrected chi connectivity index (χ3v) is 4.78. The molecule has 0 heterocycles. The first-order chi connectivity index (χ1) is 8.87. The topological polar surface area (TPSA) is 37.4 Å². The van der Waals surface area contributed by atoms with E-state index in [1.165, 1.54) is 4.31 Å². The Morgan fingerprint density at radius 1 is 1.37 bits per heavy atom. The number of terminal acetylenes is 1. The van der Waals surface area contributed by atoms with Crippen molar-refractivity contribution in [3.63, 3.8) is 0 Å². The highest BCUT2D eigenvalue weighted by Crippen LogP contribution is 2.18. The Labute approximate surface area is 123 Å². The molecule has 19 heavy (non-hydrogen) atoms. The van der Waals surface area contributed by atoms with E-state index in [2.05, 4.69) is 21.9 Å². The molecule has 0 aromatic heterocycles. The number of nitrogens with zero attached hydrogens (tertiary/aromatic N) is 1. The van der Waals surface area contributed by atoms with Gasteiger partial charge in [0.25, 0.3) is 0 Å². The van der Waals surface area contributed by atoms with Gasteiger partial charge in [-0.2, -0.15) is 4.31 Å². The maximum Gasteiger partial charge on any atom is 0.244 e. The van der Waals surface area contributed by atoms with Gasteiger partial charge < -0.3 is 0 Å². The molecule has 5 heteroatoms. The average molecular weight is 342 g/mol. The lowest BCUT2D eigenvalue weighted by Gasteiger charge is -2.18. The minimum absolute atomic E-state index is 0.0577. The van der Waals surface area contributed by atoms with Crippen molar-refractivity contribution < 1.29 is 8.42 Å². The maximum atomic E-state index is 12.4. The molecule has 0 bridgehead atoms. The van der Waals surface area contributed by atoms with Crippen LogP contribution in [0.1, 0.15) is 13.8 Å². The smallest absolute Gasteiger partial charge is 0.207 e. The van der Waals surface area contributed by atoms with E-state index in [1.54, 1.807) is 24.3 Å². The van der Waals surface area contributed by atoms with E-state index in [-0.39, 0.29) is 18.0 Å². The summed E-state index contributed by atoms with van der Waals surface area (Å²) in [5.41, 5.74) is 1.05. The predicted octanol–water partition coefficient (Wildman–Crippen LogP) is 3.04. The van der Waals surface area contributed by atoms with Crippen LogP contribution in [0.15, 0.2) is 45.3 Å². The van der Waals surface area contributed by atoms with Gasteiger partial charge in [-0.3, -0.25) is 0 Å². The highest BCUT2D eigenvalue weighted by Gasteiger charge is 2.22. The monoisotopic (exact) mass is 341 g/mol. The molecule has 0 saturated carbocycles. The number of allylic oxidation sites excluding steroid dienone is 1. The second-order valence-corrected chi connectivity index (χ2v) is 7.09. The number of hydrogen-bond acceptors (Lipinski definition) is 2. The molecule has 0 radical (unpaired) electrons. The molecule has 0 atom stereocenters. The molecule has 0 spiro atoms. The van der Waals surface area contributed by atoms with E-state index in [4.69, 9.17) is 6.42 Å². The third-order valence-electron chi connectivity index (χ3n) is 2.42. The van der Waals surface area contributed by atoms with E-state index < -0.39 is 10.0 Å². The zero-order valence-electron chi connectivity index (χ0n) is 10.9. The number of benzene rings is 1. The number of rotatable bonds is 5. The van der Waals surface area contributed by atoms with Gasteiger partial charge in [0.2, 0.25) is 10.0 Å². The lowest BCUT2D eigenvalue weighted by Crippen LogP contribution is -2.31. The summed E-state index contributed by atoms with van der Waals surface area (Å²) in [5, 5.41) is 0. The van der Waals surface area contributed by atoms with Crippen LogP contribution in [0.3, 0.4) is 0 Å². The van der Waals surface area contributed by atoms with Gasteiger partial charge in [-0.15, -0.1) is 6.42 Å². The Balaban J connectivity index is 3.09. The van der Waals surface area contributed by atoms with Gasteiger partial charge in [0, 0.05) is 11.0 Å². The van der Waals surface area contributed by atoms with E-state index in [1.807, 2.05) is 19.9 Å². The molecule has 0 aliphatic carbocycles. The minimum atomic E-state index is -3.55. The van der Waals surface area contributed by atoms with Crippen molar-refractivity contribution in [3.05, 3.63) is 40.4 Å². The summed E-state index contributed by atoms with van der Waals surface area (Å²) < 4.78 is 27.0. The van der Waals surface area contributed by atoms with Gasteiger partial charge >= 0.3 is 0 Å². The first-order valence-corrected chi connectivity index (χ1v) is 7.94. The average Bonchev–Trinajstić information content (AvgIpc) is 2.34. The van der Waals surface area contributed by atoms with Crippen LogP contribution in [0.5, 0.6) is 0 Å². The van der Waals surface area contributed by atoms with Crippen molar-refractivity contribution in [1.29, 1.82) is 0 Å². The van der Waals surface area contributed by atoms with Crippen LogP contribution in [0.25, 0.3) is 0 Å². The normalized spacial score (nSPS) is 11.1. The van der Waals surface area contributed by atoms with Crippen molar-refractivity contribution in [1.82, 2.24) is 4.31 Å². The highest BCUT2D eigenvalue weighted by atomic mass is 79.9. The van der Waals surface area contributed by atoms with Crippen LogP contribution < -0.4 is 0 Å². The summed E-state index contributed by atoms with van der Waals surface area (Å²) in [6, 6.07) is 6.51. The zero-order valence-corrected chi connectivity index (χ0v) is 13.3. The van der Waals surface area contributed by atoms with Crippen LogP contribution >= 0.6 is 15.9 Å². The first kappa shape index (κ1) is 16.0. The van der Waals surface area contributed by atoms with E-state index in [0.29, 0.717) is 0 Å². The fraction of sp³-hybridized carbons (Fsp3) is 0.286. The van der Waals surface area contributed by atoms with Gasteiger partial charge in [0.1, 0.15) is 0 Å². The molecular weight excluding hydrogens is 326 g/mol. The predicted molar refractivity (Wildman–Crippen MR) is 81.2 cm³/mol. The molecule has 0 fully saturated rings. The summed E-state index contributed by atoms with van der Waals surface area (Å²) in [5.74, 6) is 2.39. The highest BCUT2D eigenvalue weighted by molar-refractivity contribution is 9.10. The van der Waals surface area contributed by atoms with Crippen LogP contribution in [0.4, 0.5) is 0 Å². The first-order valence-electron chi connectivity index (χ1n) is 5.70. The van der Waals surface area contributed by atoms with Gasteiger partial charge in [-0.1, -0.05) is 33.5 Å². The molecule has 1 rings (SSSR count). The molecule has 0 aliphatic heterocycles. The Hall–Kier alpha value is -1.09. The van der Waals surface area contributed by atoms with Crippen molar-refractivity contribution in [2.45, 2.75) is 18.7 Å². The van der Waals surface area contributed by atoms with Crippen molar-refractivity contribution >= 4 is 26.0 Å². The molecule has 1 aromatic carbocycles. The quantitative estimate of drug-likeness (QED) is 0.609. The zero-order chi connectivity index (χ0) is 14.5. The summed E-state index contributed by atoms with van der Waals surface area (Å²) >= 11 is 3.28. The molecule has 0 N–H and O–H groups in total. The summed E-state index contributed by atoms with van der Waals surface area (Å²) in [6.07, 6.45) is 7.09. The number of hydrogen-bond donors (Lipinski definition) is 0. The van der Waals surface area contributed by atoms with Crippen LogP contribution in [-0.4, -0.2) is 25.8 Å². The molecule has 102 valence electrons. The molecule has 0 unspecified atom stereocenters. The van der Waals surface area contributed by atoms with Gasteiger partial charge in [-0.25, -0.2) is 8.42 Å². The Bertz CT molecular complexity index is 593. The van der Waals surface area contributed by atoms with Crippen molar-refractivity contribution in [3.8, 4) is 12.3 Å². The van der Waals surface area contributed by atoms with Gasteiger partial charge in [-0.05, 0) is 38.1 Å². The Morgan fingerprint density at radius 2 is 1.95 bits per heavy atom. The van der Waals surface area contributed by atoms with E-state index in [0.717, 1.165) is 10.0 Å². The van der Waals surface area contributed by atoms with E-state index in [9.17, 15) is 8.42 Å². The fourth-order valence-corrected chi connectivity index (χ4v) is 2.95. The third kappa shape index (κ3) is 4.50. The molecule has 1 aromatic rings. The van der Waals surface area contributed by atoms with Gasteiger partial charge in [0.05, 0.1) is 11.4 Å². The molecular formula is C14H16BrNO2S. The lowest BCUT2D eigenvalue weighted by atomic mass is 10.3. The second kappa shape index (κ2) is 6.90. The van der Waals surface area contributed by atoms with E-state index >= 15 is 0 Å². The summed E-state index contributed by atoms with van der Waals surface area (Å²) in [4.78, 5) is 0.244.